The van der Waals surface area contributed by atoms with Crippen LogP contribution in [0.25, 0.3) is 0 Å². The predicted molar refractivity (Wildman–Crippen MR) is 136 cm³/mol. The fourth-order valence-electron chi connectivity index (χ4n) is 4.82. The quantitative estimate of drug-likeness (QED) is 0.140. The number of benzene rings is 1. The number of halogens is 4. The number of allylic oxidation sites excluding steroid dienone is 20. The first-order chi connectivity index (χ1) is 17.6. The van der Waals surface area contributed by atoms with E-state index >= 15 is 0 Å². The second-order valence-corrected chi connectivity index (χ2v) is 8.55. The molecule has 7 aliphatic carbocycles. The smallest absolute Gasteiger partial charge is 0.197 e. The van der Waals surface area contributed by atoms with Gasteiger partial charge in [-0.2, -0.15) is 0 Å². The summed E-state index contributed by atoms with van der Waals surface area (Å²) in [5, 5.41) is 0. The minimum absolute atomic E-state index is 0. The summed E-state index contributed by atoms with van der Waals surface area (Å²) >= 11 is 0. The minimum Gasteiger partial charge on any atom is -0.203 e. The summed E-state index contributed by atoms with van der Waals surface area (Å²) in [6.07, 6.45) is 38.6. The Hall–Kier alpha value is -2.62. The Kier molecular flexibility index (Phi) is 10.6. The maximum Gasteiger partial charge on any atom is 0.197 e. The van der Waals surface area contributed by atoms with E-state index in [1.54, 1.807) is 0 Å². The van der Waals surface area contributed by atoms with E-state index in [0.29, 0.717) is 0 Å². The third kappa shape index (κ3) is 5.84. The van der Waals surface area contributed by atoms with E-state index in [0.717, 1.165) is 22.3 Å². The molecule has 6 heteroatoms. The van der Waals surface area contributed by atoms with Gasteiger partial charge in [-0.05, 0) is 22.3 Å². The van der Waals surface area contributed by atoms with Crippen LogP contribution in [0.3, 0.4) is 0 Å². The van der Waals surface area contributed by atoms with Crippen LogP contribution in [0, 0.1) is 49.0 Å². The van der Waals surface area contributed by atoms with Gasteiger partial charge in [0.15, 0.2) is 23.3 Å². The molecule has 0 fully saturated rings. The van der Waals surface area contributed by atoms with Gasteiger partial charge in [-0.1, -0.05) is 97.2 Å². The van der Waals surface area contributed by atoms with Crippen molar-refractivity contribution in [3.63, 3.8) is 0 Å². The molecule has 7 aliphatic rings. The number of rotatable bonds is 2. The summed E-state index contributed by atoms with van der Waals surface area (Å²) in [5.74, 6) is -7.43. The zero-order valence-corrected chi connectivity index (χ0v) is 22.1. The Morgan fingerprint density at radius 3 is 1.32 bits per heavy atom. The largest absolute Gasteiger partial charge is 0.203 e. The average Bonchev–Trinajstić information content (AvgIpc) is 3.75. The van der Waals surface area contributed by atoms with E-state index in [4.69, 9.17) is 0 Å². The van der Waals surface area contributed by atoms with Gasteiger partial charge in [0.25, 0.3) is 0 Å². The van der Waals surface area contributed by atoms with Crippen LogP contribution in [-0.2, 0) is 34.1 Å². The maximum absolute atomic E-state index is 14.6. The molecule has 0 aliphatic heterocycles. The monoisotopic (exact) mass is 594 g/mol. The Morgan fingerprint density at radius 1 is 0.447 bits per heavy atom. The van der Waals surface area contributed by atoms with Crippen molar-refractivity contribution in [3.05, 3.63) is 180 Å². The van der Waals surface area contributed by atoms with Gasteiger partial charge in [0.05, 0.1) is 0 Å². The molecule has 0 amide bonds. The zero-order valence-electron chi connectivity index (χ0n) is 19.9. The molecule has 1 unspecified atom stereocenters. The Labute approximate surface area is 242 Å². The number of hydrogen-bond donors (Lipinski definition) is 0. The molecule has 1 aromatic rings. The van der Waals surface area contributed by atoms with E-state index in [2.05, 4.69) is 0 Å². The molecule has 4 radical (unpaired) electrons. The van der Waals surface area contributed by atoms with Gasteiger partial charge in [0, 0.05) is 82.8 Å². The van der Waals surface area contributed by atoms with Gasteiger partial charge >= 0.3 is 0 Å². The Morgan fingerprint density at radius 2 is 0.947 bits per heavy atom. The molecular weight excluding hydrogens is 572 g/mol. The minimum atomic E-state index is -1.75. The third-order valence-electron chi connectivity index (χ3n) is 6.43. The van der Waals surface area contributed by atoms with Crippen molar-refractivity contribution >= 4 is 0 Å². The van der Waals surface area contributed by atoms with Crippen molar-refractivity contribution in [1.82, 2.24) is 0 Å². The van der Waals surface area contributed by atoms with E-state index in [1.165, 1.54) is 0 Å². The Balaban J connectivity index is 0.000000280. The summed E-state index contributed by atoms with van der Waals surface area (Å²) in [6.45, 7) is 0. The van der Waals surface area contributed by atoms with Crippen molar-refractivity contribution in [2.24, 2.45) is 0 Å². The van der Waals surface area contributed by atoms with Gasteiger partial charge in [-0.3, -0.25) is 0 Å². The van der Waals surface area contributed by atoms with E-state index in [-0.39, 0.29) is 45.3 Å². The van der Waals surface area contributed by atoms with Crippen molar-refractivity contribution in [2.45, 2.75) is 11.8 Å². The second kappa shape index (κ2) is 13.4. The van der Waals surface area contributed by atoms with E-state index in [1.807, 2.05) is 123 Å². The molecule has 8 rings (SSSR count). The van der Waals surface area contributed by atoms with Crippen LogP contribution >= 0.6 is 0 Å². The standard InChI is InChI=1S/C22H12F4.2C5H5.2Fe/c23-19-17-15-10-14(12-7-3-4-8-12)16(9-13(15)11-5-1-2-6-11)18(17)20(24)22(26)21(19)25;2*1-2-4-5-3-1;;/h1-10,15-16H;2*1-5H;;/t15-,16?;;;;/m1..../s1. The van der Waals surface area contributed by atoms with Crippen LogP contribution in [-0.4, -0.2) is 0 Å². The van der Waals surface area contributed by atoms with Crippen molar-refractivity contribution in [2.75, 3.05) is 0 Å². The van der Waals surface area contributed by atoms with Crippen LogP contribution in [0.5, 0.6) is 0 Å². The fraction of sp³-hybridized carbons (Fsp3) is 0.0625. The summed E-state index contributed by atoms with van der Waals surface area (Å²) in [6, 6.07) is 0. The van der Waals surface area contributed by atoms with Gasteiger partial charge in [0.2, 0.25) is 0 Å². The SMILES string of the molecule is Fc1c(F)c(F)c2c(c1F)C1C=C(C3=CC=C[CH]3)[C@H]2C=C1C1=C[CH]C=C1.[CH]1C=CC=C1.[CH]1C=CC=C1.[Fe].[Fe]. The topological polar surface area (TPSA) is 0 Å². The van der Waals surface area contributed by atoms with Crippen LogP contribution in [0.4, 0.5) is 17.6 Å². The molecule has 0 saturated heterocycles. The van der Waals surface area contributed by atoms with Crippen molar-refractivity contribution in [1.29, 1.82) is 0 Å². The van der Waals surface area contributed by atoms with E-state index in [9.17, 15) is 17.6 Å². The summed E-state index contributed by atoms with van der Waals surface area (Å²) in [4.78, 5) is 0. The molecule has 2 bridgehead atoms. The summed E-state index contributed by atoms with van der Waals surface area (Å²) in [5.41, 5.74) is 3.11. The predicted octanol–water partition coefficient (Wildman–Crippen LogP) is 8.32. The normalized spacial score (nSPS) is 21.9. The Bertz CT molecular complexity index is 1340. The second-order valence-electron chi connectivity index (χ2n) is 8.55. The van der Waals surface area contributed by atoms with E-state index < -0.39 is 35.1 Å². The molecule has 194 valence electrons. The van der Waals surface area contributed by atoms with Crippen LogP contribution in [0.1, 0.15) is 23.0 Å². The first-order valence-corrected chi connectivity index (χ1v) is 11.6. The third-order valence-corrected chi connectivity index (χ3v) is 6.43. The van der Waals surface area contributed by atoms with Crippen LogP contribution in [0.2, 0.25) is 0 Å². The molecule has 0 N–H and O–H groups in total. The molecule has 2 atom stereocenters. The van der Waals surface area contributed by atoms with Crippen molar-refractivity contribution in [3.8, 4) is 0 Å². The molecule has 0 nitrogen and oxygen atoms in total. The van der Waals surface area contributed by atoms with Crippen molar-refractivity contribution < 1.29 is 51.7 Å². The zero-order chi connectivity index (χ0) is 25.1. The summed E-state index contributed by atoms with van der Waals surface area (Å²) in [7, 11) is 0. The molecular formula is C32H22F4Fe2. The van der Waals surface area contributed by atoms with Crippen LogP contribution < -0.4 is 0 Å². The molecule has 0 spiro atoms. The molecule has 1 aromatic carbocycles. The average molecular weight is 594 g/mol. The first kappa shape index (κ1) is 29.9. The first-order valence-electron chi connectivity index (χ1n) is 11.6. The van der Waals surface area contributed by atoms with Gasteiger partial charge in [0.1, 0.15) is 0 Å². The van der Waals surface area contributed by atoms with Gasteiger partial charge in [-0.15, -0.1) is 0 Å². The molecule has 0 aromatic heterocycles. The summed E-state index contributed by atoms with van der Waals surface area (Å²) < 4.78 is 57.1. The molecule has 0 heterocycles. The molecule has 0 saturated carbocycles. The van der Waals surface area contributed by atoms with Gasteiger partial charge < -0.3 is 0 Å². The van der Waals surface area contributed by atoms with Gasteiger partial charge in [-0.25, -0.2) is 17.6 Å². The molecule has 38 heavy (non-hydrogen) atoms. The van der Waals surface area contributed by atoms with Crippen LogP contribution in [0.15, 0.2) is 120 Å². The fourth-order valence-corrected chi connectivity index (χ4v) is 4.82. The number of hydrogen-bond acceptors (Lipinski definition) is 0. The maximum atomic E-state index is 14.6.